The number of hydrogen-bond donors (Lipinski definition) is 0. The number of nitrogens with zero attached hydrogens (tertiary/aromatic N) is 4. The molecule has 10 aromatic rings. The number of pyridine rings is 2. The van der Waals surface area contributed by atoms with Gasteiger partial charge in [-0.2, -0.15) is 0 Å². The van der Waals surface area contributed by atoms with E-state index in [0.29, 0.717) is 0 Å². The summed E-state index contributed by atoms with van der Waals surface area (Å²) in [4.78, 5) is 14.2. The summed E-state index contributed by atoms with van der Waals surface area (Å²) in [6.07, 6.45) is 12.9. The van der Waals surface area contributed by atoms with Crippen LogP contribution in [0.2, 0.25) is 0 Å². The minimum atomic E-state index is -0.188. The summed E-state index contributed by atoms with van der Waals surface area (Å²) in [6, 6.07) is 71.2. The number of aryl methyl sites for hydroxylation is 2. The van der Waals surface area contributed by atoms with Crippen LogP contribution >= 0.6 is 0 Å². The molecular weight excluding hydrogens is 933 g/mol. The van der Waals surface area contributed by atoms with Crippen LogP contribution in [0, 0.1) is 13.8 Å². The van der Waals surface area contributed by atoms with Crippen molar-refractivity contribution in [2.24, 2.45) is 0 Å². The summed E-state index contributed by atoms with van der Waals surface area (Å²) in [5.41, 5.74) is 27.1. The second-order valence-electron chi connectivity index (χ2n) is 22.8. The maximum atomic E-state index is 4.80. The first-order valence-electron chi connectivity index (χ1n) is 27.0. The Kier molecular flexibility index (Phi) is 11.3. The maximum Gasteiger partial charge on any atom is 0.137 e. The van der Waals surface area contributed by atoms with Crippen LogP contribution in [0.25, 0.3) is 57.7 Å². The molecule has 0 spiro atoms. The van der Waals surface area contributed by atoms with Gasteiger partial charge in [0, 0.05) is 40.0 Å². The predicted molar refractivity (Wildman–Crippen MR) is 324 cm³/mol. The Morgan fingerprint density at radius 2 is 0.597 bits per heavy atom. The van der Waals surface area contributed by atoms with Gasteiger partial charge in [-0.15, -0.1) is 0 Å². The van der Waals surface area contributed by atoms with Gasteiger partial charge in [0.1, 0.15) is 11.6 Å². The Labute approximate surface area is 454 Å². The lowest BCUT2D eigenvalue weighted by Crippen LogP contribution is -2.17. The van der Waals surface area contributed by atoms with E-state index < -0.39 is 0 Å². The highest BCUT2D eigenvalue weighted by molar-refractivity contribution is 5.90. The molecule has 4 heteroatoms. The van der Waals surface area contributed by atoms with E-state index in [4.69, 9.17) is 9.97 Å². The SMILES string of the molecule is Cc1ccccc1N(c1ccc2c(c1)C(C)(C)c1cc(/C=C/c3ccc4c(c3)C(C)(C)c3cc(/C=C/c5ccc6c(c5)C(C)(C)c5cc(N(c7ccccn7)c7ccccc7C)ccc5-6)ccc3-4)ccc1-2)c1ccccn1. The second-order valence-corrected chi connectivity index (χ2v) is 22.8. The van der Waals surface area contributed by atoms with Crippen molar-refractivity contribution in [2.45, 2.75) is 71.6 Å². The lowest BCUT2D eigenvalue weighted by molar-refractivity contribution is 0.660. The lowest BCUT2D eigenvalue weighted by atomic mass is 9.81. The molecule has 2 heterocycles. The number of rotatable bonds is 10. The maximum absolute atomic E-state index is 4.80. The molecule has 8 aromatic carbocycles. The van der Waals surface area contributed by atoms with Crippen LogP contribution < -0.4 is 9.80 Å². The monoisotopic (exact) mass is 994 g/mol. The van der Waals surface area contributed by atoms with Crippen LogP contribution in [0.4, 0.5) is 34.4 Å². The zero-order valence-corrected chi connectivity index (χ0v) is 45.2. The number of benzene rings is 8. The summed E-state index contributed by atoms with van der Waals surface area (Å²) in [7, 11) is 0. The molecule has 0 radical (unpaired) electrons. The molecule has 77 heavy (non-hydrogen) atoms. The number of fused-ring (bicyclic) bond motifs is 9. The zero-order valence-electron chi connectivity index (χ0n) is 45.2. The molecule has 3 aliphatic carbocycles. The smallest absolute Gasteiger partial charge is 0.137 e. The van der Waals surface area contributed by atoms with Gasteiger partial charge in [0.2, 0.25) is 0 Å². The summed E-state index contributed by atoms with van der Waals surface area (Å²) in [5.74, 6) is 1.81. The molecule has 13 rings (SSSR count). The van der Waals surface area contributed by atoms with Crippen molar-refractivity contribution in [3.05, 3.63) is 273 Å². The Bertz CT molecular complexity index is 3780. The van der Waals surface area contributed by atoms with Gasteiger partial charge in [0.15, 0.2) is 0 Å². The molecule has 0 saturated heterocycles. The molecule has 4 nitrogen and oxygen atoms in total. The van der Waals surface area contributed by atoms with Crippen molar-refractivity contribution in [3.63, 3.8) is 0 Å². The normalized spacial score (nSPS) is 14.7. The fourth-order valence-electron chi connectivity index (χ4n) is 12.7. The van der Waals surface area contributed by atoms with Gasteiger partial charge in [-0.1, -0.05) is 199 Å². The van der Waals surface area contributed by atoms with E-state index >= 15 is 0 Å². The van der Waals surface area contributed by atoms with E-state index in [9.17, 15) is 0 Å². The Morgan fingerprint density at radius 1 is 0.312 bits per heavy atom. The van der Waals surface area contributed by atoms with Crippen LogP contribution in [0.5, 0.6) is 0 Å². The van der Waals surface area contributed by atoms with E-state index in [0.717, 1.165) is 34.4 Å². The molecule has 0 N–H and O–H groups in total. The average molecular weight is 995 g/mol. The van der Waals surface area contributed by atoms with E-state index in [2.05, 4.69) is 271 Å². The molecular formula is C73H62N4. The predicted octanol–water partition coefficient (Wildman–Crippen LogP) is 19.3. The molecule has 0 fully saturated rings. The molecule has 0 aliphatic heterocycles. The largest absolute Gasteiger partial charge is 0.295 e. The highest BCUT2D eigenvalue weighted by Gasteiger charge is 2.39. The van der Waals surface area contributed by atoms with Gasteiger partial charge in [-0.25, -0.2) is 9.97 Å². The quantitative estimate of drug-likeness (QED) is 0.128. The minimum absolute atomic E-state index is 0.153. The van der Waals surface area contributed by atoms with Crippen LogP contribution in [-0.2, 0) is 16.2 Å². The summed E-state index contributed by atoms with van der Waals surface area (Å²) >= 11 is 0. The standard InChI is InChI=1S/C73H62N4/c1-47-17-9-11-19-67(47)76(69-21-13-15-39-74-69)53-31-37-59-57-35-29-51(43-63(57)72(5,6)65(59)45-53)25-23-49-27-33-55-56-34-28-50(42-62(56)71(3,4)61(55)41-49)24-26-52-30-36-58-60-38-32-54(46-66(60)73(7,8)64(58)44-52)77(70-22-14-16-40-75-70)68-20-12-10-18-48(68)2/h9-46H,1-8H3/b25-23+,26-24+. The van der Waals surface area contributed by atoms with Crippen LogP contribution in [0.15, 0.2) is 207 Å². The van der Waals surface area contributed by atoms with Crippen molar-refractivity contribution < 1.29 is 0 Å². The number of anilines is 6. The molecule has 0 unspecified atom stereocenters. The van der Waals surface area contributed by atoms with Crippen LogP contribution in [-0.4, -0.2) is 9.97 Å². The molecule has 2 aromatic heterocycles. The fraction of sp³-hybridized carbons (Fsp3) is 0.151. The van der Waals surface area contributed by atoms with Gasteiger partial charge < -0.3 is 0 Å². The van der Waals surface area contributed by atoms with E-state index in [1.807, 2.05) is 24.5 Å². The van der Waals surface area contributed by atoms with Gasteiger partial charge in [0.05, 0.1) is 11.4 Å². The topological polar surface area (TPSA) is 32.3 Å². The van der Waals surface area contributed by atoms with Gasteiger partial charge in [-0.05, 0) is 175 Å². The first kappa shape index (κ1) is 47.8. The third-order valence-electron chi connectivity index (χ3n) is 17.0. The van der Waals surface area contributed by atoms with Gasteiger partial charge in [0.25, 0.3) is 0 Å². The van der Waals surface area contributed by atoms with Crippen molar-refractivity contribution >= 4 is 58.7 Å². The average Bonchev–Trinajstić information content (AvgIpc) is 4.03. The molecule has 0 saturated carbocycles. The second kappa shape index (κ2) is 18.2. The summed E-state index contributed by atoms with van der Waals surface area (Å²) in [6.45, 7) is 18.5. The summed E-state index contributed by atoms with van der Waals surface area (Å²) in [5, 5.41) is 0. The summed E-state index contributed by atoms with van der Waals surface area (Å²) < 4.78 is 0. The van der Waals surface area contributed by atoms with Crippen molar-refractivity contribution in [1.82, 2.24) is 9.97 Å². The Morgan fingerprint density at radius 3 is 0.896 bits per heavy atom. The Balaban J connectivity index is 0.733. The highest BCUT2D eigenvalue weighted by atomic mass is 15.2. The van der Waals surface area contributed by atoms with Gasteiger partial charge >= 0.3 is 0 Å². The molecule has 0 amide bonds. The van der Waals surface area contributed by atoms with E-state index in [-0.39, 0.29) is 16.2 Å². The molecule has 0 atom stereocenters. The van der Waals surface area contributed by atoms with E-state index in [1.54, 1.807) is 0 Å². The third-order valence-corrected chi connectivity index (χ3v) is 17.0. The van der Waals surface area contributed by atoms with Gasteiger partial charge in [-0.3, -0.25) is 9.80 Å². The third kappa shape index (κ3) is 7.96. The van der Waals surface area contributed by atoms with E-state index in [1.165, 1.54) is 100 Å². The zero-order chi connectivity index (χ0) is 52.8. The first-order chi connectivity index (χ1) is 37.3. The minimum Gasteiger partial charge on any atom is -0.295 e. The van der Waals surface area contributed by atoms with Crippen LogP contribution in [0.1, 0.15) is 108 Å². The number of hydrogen-bond acceptors (Lipinski definition) is 4. The highest BCUT2D eigenvalue weighted by Crippen LogP contribution is 2.54. The van der Waals surface area contributed by atoms with Crippen molar-refractivity contribution in [1.29, 1.82) is 0 Å². The number of para-hydroxylation sites is 2. The number of aromatic nitrogens is 2. The first-order valence-corrected chi connectivity index (χ1v) is 27.0. The Hall–Kier alpha value is -8.86. The fourth-order valence-corrected chi connectivity index (χ4v) is 12.7. The van der Waals surface area contributed by atoms with Crippen LogP contribution in [0.3, 0.4) is 0 Å². The molecule has 374 valence electrons. The van der Waals surface area contributed by atoms with Crippen molar-refractivity contribution in [3.8, 4) is 33.4 Å². The van der Waals surface area contributed by atoms with Crippen molar-refractivity contribution in [2.75, 3.05) is 9.80 Å². The lowest BCUT2D eigenvalue weighted by Gasteiger charge is -2.28. The molecule has 0 bridgehead atoms. The molecule has 3 aliphatic rings.